The van der Waals surface area contributed by atoms with Gasteiger partial charge in [0.05, 0.1) is 5.97 Å². The third-order valence-corrected chi connectivity index (χ3v) is 2.12. The Balaban J connectivity index is 2.01. The van der Waals surface area contributed by atoms with Crippen molar-refractivity contribution in [3.05, 3.63) is 36.0 Å². The fourth-order valence-corrected chi connectivity index (χ4v) is 1.36. The van der Waals surface area contributed by atoms with Crippen molar-refractivity contribution in [1.82, 2.24) is 10.1 Å². The van der Waals surface area contributed by atoms with Crippen LogP contribution in [-0.4, -0.2) is 22.7 Å². The summed E-state index contributed by atoms with van der Waals surface area (Å²) >= 11 is 0. The number of hydrogen-bond donors (Lipinski definition) is 0. The molecule has 0 saturated carbocycles. The average molecular weight is 263 g/mol. The Morgan fingerprint density at radius 1 is 1.32 bits per heavy atom. The first-order valence-electron chi connectivity index (χ1n) is 5.49. The molecule has 0 aliphatic carbocycles. The van der Waals surface area contributed by atoms with Gasteiger partial charge in [0.15, 0.2) is 23.9 Å². The number of rotatable bonds is 6. The van der Waals surface area contributed by atoms with Crippen LogP contribution in [0.15, 0.2) is 28.8 Å². The largest absolute Gasteiger partial charge is 0.546 e. The molecule has 0 fully saturated rings. The summed E-state index contributed by atoms with van der Waals surface area (Å²) in [4.78, 5) is 14.3. The zero-order chi connectivity index (χ0) is 13.7. The number of carboxylic acids is 1. The van der Waals surface area contributed by atoms with E-state index in [0.29, 0.717) is 23.2 Å². The van der Waals surface area contributed by atoms with E-state index in [1.807, 2.05) is 0 Å². The van der Waals surface area contributed by atoms with E-state index in [9.17, 15) is 9.90 Å². The van der Waals surface area contributed by atoms with Gasteiger partial charge in [-0.25, -0.2) is 0 Å². The third-order valence-electron chi connectivity index (χ3n) is 2.12. The number of benzene rings is 1. The molecule has 2 rings (SSSR count). The smallest absolute Gasteiger partial charge is 0.264 e. The normalized spacial score (nSPS) is 10.2. The minimum absolute atomic E-state index is 0.0759. The first-order valence-corrected chi connectivity index (χ1v) is 5.49. The maximum absolute atomic E-state index is 10.4. The van der Waals surface area contributed by atoms with Crippen LogP contribution in [0.3, 0.4) is 0 Å². The van der Waals surface area contributed by atoms with Crippen LogP contribution in [0.1, 0.15) is 11.7 Å². The highest BCUT2D eigenvalue weighted by atomic mass is 16.5. The number of aromatic nitrogens is 2. The van der Waals surface area contributed by atoms with Gasteiger partial charge in [-0.1, -0.05) is 17.3 Å². The summed E-state index contributed by atoms with van der Waals surface area (Å²) in [6.07, 6.45) is 0. The molecule has 0 spiro atoms. The molecule has 0 atom stereocenters. The standard InChI is InChI=1S/C12H12N2O5/c1-8-13-11(19-14-8)6-17-9-4-2-3-5-10(9)18-7-12(15)16/h2-5H,6-7H2,1H3,(H,15,16)/p-1. The lowest BCUT2D eigenvalue weighted by atomic mass is 10.3. The van der Waals surface area contributed by atoms with Crippen LogP contribution in [0.4, 0.5) is 0 Å². The number of carboxylic acid groups (broad SMARTS) is 1. The van der Waals surface area contributed by atoms with Crippen molar-refractivity contribution < 1.29 is 23.9 Å². The summed E-state index contributed by atoms with van der Waals surface area (Å²) in [6.45, 7) is 1.23. The molecular weight excluding hydrogens is 252 g/mol. The zero-order valence-corrected chi connectivity index (χ0v) is 10.2. The van der Waals surface area contributed by atoms with Gasteiger partial charge >= 0.3 is 0 Å². The number of carbonyl (C=O) groups is 1. The van der Waals surface area contributed by atoms with E-state index in [-0.39, 0.29) is 6.61 Å². The van der Waals surface area contributed by atoms with Crippen molar-refractivity contribution in [3.63, 3.8) is 0 Å². The first kappa shape index (κ1) is 12.9. The van der Waals surface area contributed by atoms with Gasteiger partial charge in [-0.3, -0.25) is 0 Å². The van der Waals surface area contributed by atoms with E-state index in [4.69, 9.17) is 14.0 Å². The third kappa shape index (κ3) is 3.70. The van der Waals surface area contributed by atoms with Crippen LogP contribution < -0.4 is 14.6 Å². The Morgan fingerprint density at radius 2 is 2.00 bits per heavy atom. The highest BCUT2D eigenvalue weighted by Crippen LogP contribution is 2.26. The molecular formula is C12H11N2O5-. The lowest BCUT2D eigenvalue weighted by molar-refractivity contribution is -0.307. The Kier molecular flexibility index (Phi) is 3.97. The van der Waals surface area contributed by atoms with E-state index in [1.165, 1.54) is 0 Å². The number of nitrogens with zero attached hydrogens (tertiary/aromatic N) is 2. The number of aliphatic carboxylic acids is 1. The van der Waals surface area contributed by atoms with Crippen molar-refractivity contribution >= 4 is 5.97 Å². The maximum Gasteiger partial charge on any atom is 0.264 e. The van der Waals surface area contributed by atoms with Gasteiger partial charge in [-0.15, -0.1) is 0 Å². The molecule has 1 aromatic heterocycles. The molecule has 1 heterocycles. The summed E-state index contributed by atoms with van der Waals surface area (Å²) in [5, 5.41) is 14.0. The summed E-state index contributed by atoms with van der Waals surface area (Å²) in [7, 11) is 0. The van der Waals surface area contributed by atoms with Crippen molar-refractivity contribution in [3.8, 4) is 11.5 Å². The molecule has 7 heteroatoms. The number of aryl methyl sites for hydroxylation is 1. The monoisotopic (exact) mass is 263 g/mol. The SMILES string of the molecule is Cc1noc(COc2ccccc2OCC(=O)[O-])n1. The van der Waals surface area contributed by atoms with Crippen molar-refractivity contribution in [2.45, 2.75) is 13.5 Å². The fraction of sp³-hybridized carbons (Fsp3) is 0.250. The topological polar surface area (TPSA) is 97.5 Å². The highest BCUT2D eigenvalue weighted by Gasteiger charge is 2.07. The molecule has 0 aliphatic rings. The molecule has 0 bridgehead atoms. The first-order chi connectivity index (χ1) is 9.15. The van der Waals surface area contributed by atoms with Crippen LogP contribution >= 0.6 is 0 Å². The Bertz CT molecular complexity index is 567. The predicted molar refractivity (Wildman–Crippen MR) is 60.3 cm³/mol. The number of para-hydroxylation sites is 2. The second-order valence-electron chi connectivity index (χ2n) is 3.63. The molecule has 0 amide bonds. The number of hydrogen-bond acceptors (Lipinski definition) is 7. The second-order valence-corrected chi connectivity index (χ2v) is 3.63. The van der Waals surface area contributed by atoms with E-state index in [0.717, 1.165) is 0 Å². The minimum Gasteiger partial charge on any atom is -0.546 e. The molecule has 0 saturated heterocycles. The molecule has 0 N–H and O–H groups in total. The Hall–Kier alpha value is -2.57. The second kappa shape index (κ2) is 5.85. The molecule has 0 unspecified atom stereocenters. The molecule has 2 aromatic rings. The van der Waals surface area contributed by atoms with E-state index in [1.54, 1.807) is 31.2 Å². The van der Waals surface area contributed by atoms with Gasteiger partial charge < -0.3 is 23.9 Å². The van der Waals surface area contributed by atoms with Gasteiger partial charge in [0.2, 0.25) is 0 Å². The van der Waals surface area contributed by atoms with Crippen molar-refractivity contribution in [2.75, 3.05) is 6.61 Å². The summed E-state index contributed by atoms with van der Waals surface area (Å²) in [5.41, 5.74) is 0. The van der Waals surface area contributed by atoms with E-state index < -0.39 is 12.6 Å². The lowest BCUT2D eigenvalue weighted by Crippen LogP contribution is -2.29. The van der Waals surface area contributed by atoms with E-state index >= 15 is 0 Å². The van der Waals surface area contributed by atoms with Gasteiger partial charge in [-0.05, 0) is 19.1 Å². The summed E-state index contributed by atoms with van der Waals surface area (Å²) in [6, 6.07) is 6.68. The summed E-state index contributed by atoms with van der Waals surface area (Å²) < 4.78 is 15.4. The Morgan fingerprint density at radius 3 is 2.58 bits per heavy atom. The van der Waals surface area contributed by atoms with Crippen LogP contribution in [0.5, 0.6) is 11.5 Å². The molecule has 1 aromatic carbocycles. The van der Waals surface area contributed by atoms with Gasteiger partial charge in [0.1, 0.15) is 6.61 Å². The molecule has 0 radical (unpaired) electrons. The lowest BCUT2D eigenvalue weighted by Gasteiger charge is -2.11. The van der Waals surface area contributed by atoms with Crippen LogP contribution in [0.2, 0.25) is 0 Å². The summed E-state index contributed by atoms with van der Waals surface area (Å²) in [5.74, 6) is 0.233. The molecule has 7 nitrogen and oxygen atoms in total. The molecule has 100 valence electrons. The van der Waals surface area contributed by atoms with Crippen molar-refractivity contribution in [1.29, 1.82) is 0 Å². The number of carbonyl (C=O) groups excluding carboxylic acids is 1. The molecule has 19 heavy (non-hydrogen) atoms. The quantitative estimate of drug-likeness (QED) is 0.728. The maximum atomic E-state index is 10.4. The van der Waals surface area contributed by atoms with Crippen LogP contribution in [0, 0.1) is 6.92 Å². The Labute approximate surface area is 108 Å². The van der Waals surface area contributed by atoms with Gasteiger partial charge in [-0.2, -0.15) is 4.98 Å². The van der Waals surface area contributed by atoms with Crippen LogP contribution in [-0.2, 0) is 11.4 Å². The van der Waals surface area contributed by atoms with Gasteiger partial charge in [0.25, 0.3) is 5.89 Å². The highest BCUT2D eigenvalue weighted by molar-refractivity contribution is 5.66. The zero-order valence-electron chi connectivity index (χ0n) is 10.2. The molecule has 0 aliphatic heterocycles. The van der Waals surface area contributed by atoms with Crippen LogP contribution in [0.25, 0.3) is 0 Å². The average Bonchev–Trinajstić information content (AvgIpc) is 2.80. The van der Waals surface area contributed by atoms with E-state index in [2.05, 4.69) is 10.1 Å². The fourth-order valence-electron chi connectivity index (χ4n) is 1.36. The van der Waals surface area contributed by atoms with Gasteiger partial charge in [0, 0.05) is 0 Å². The minimum atomic E-state index is -1.30. The predicted octanol–water partition coefficient (Wildman–Crippen LogP) is 0.0857. The van der Waals surface area contributed by atoms with Crippen molar-refractivity contribution in [2.24, 2.45) is 0 Å². The number of ether oxygens (including phenoxy) is 2.